The fourth-order valence-electron chi connectivity index (χ4n) is 14.5. The van der Waals surface area contributed by atoms with Crippen LogP contribution < -0.4 is 59.2 Å². The molecule has 0 saturated carbocycles. The van der Waals surface area contributed by atoms with Crippen LogP contribution in [0.25, 0.3) is 49.8 Å². The van der Waals surface area contributed by atoms with Crippen molar-refractivity contribution in [2.45, 2.75) is 118 Å². The molecule has 14 aromatic rings. The largest absolute Gasteiger partial charge is 0.465 e. The molecule has 5 aromatic heterocycles. The van der Waals surface area contributed by atoms with Gasteiger partial charge in [-0.1, -0.05) is 142 Å². The fourth-order valence-corrected chi connectivity index (χ4v) is 14.8. The third-order valence-corrected chi connectivity index (χ3v) is 21.2. The van der Waals surface area contributed by atoms with Gasteiger partial charge in [0.2, 0.25) is 11.9 Å². The van der Waals surface area contributed by atoms with Crippen LogP contribution in [0.2, 0.25) is 5.15 Å². The molecule has 0 radical (unpaired) electrons. The Balaban J connectivity index is 0.000000179. The number of fused-ring (bicyclic) bond motifs is 3. The van der Waals surface area contributed by atoms with Crippen molar-refractivity contribution < 1.29 is 38.1 Å². The number of nitrogen functional groups attached to an aromatic ring is 2. The third kappa shape index (κ3) is 22.4. The van der Waals surface area contributed by atoms with Crippen molar-refractivity contribution in [1.82, 2.24) is 53.9 Å². The van der Waals surface area contributed by atoms with Crippen molar-refractivity contribution in [1.29, 1.82) is 10.5 Å². The van der Waals surface area contributed by atoms with E-state index in [2.05, 4.69) is 36.6 Å². The molecule has 8 N–H and O–H groups in total. The van der Waals surface area contributed by atoms with Gasteiger partial charge in [0.25, 0.3) is 16.7 Å². The zero-order valence-corrected chi connectivity index (χ0v) is 75.3. The Labute approximate surface area is 756 Å². The van der Waals surface area contributed by atoms with Crippen molar-refractivity contribution in [2.75, 3.05) is 74.0 Å². The molecular weight excluding hydrogens is 1670 g/mol. The van der Waals surface area contributed by atoms with Crippen LogP contribution in [0.4, 0.5) is 39.6 Å². The maximum atomic E-state index is 14.5. The Hall–Kier alpha value is -15.7. The molecule has 14 rings (SSSR count). The summed E-state index contributed by atoms with van der Waals surface area (Å²) in [6.07, 6.45) is 1.10. The van der Waals surface area contributed by atoms with E-state index in [1.165, 1.54) is 21.3 Å². The van der Waals surface area contributed by atoms with Gasteiger partial charge in [-0.15, -0.1) is 0 Å². The molecule has 0 unspecified atom stereocenters. The average Bonchev–Trinajstić information content (AvgIpc) is 0.755. The molecule has 0 aliphatic rings. The van der Waals surface area contributed by atoms with Gasteiger partial charge in [-0.2, -0.15) is 20.5 Å². The SMILES string of the molecule is CC[C@H](N)c1nc2cccc(N(C)Cc3ccc(C(=O)OC)cc3)c2c(=O)n1-c1ccccc1.CC[C@H](NC(=O)OC(C)(C)C)c1nc2cccc(N(C)Cc3ccc(C(=O)OC)cc3)c2c(=O)n1-c1ccccc1.CC[C@H](Nc1nc(N)nc(C)c1C#N)c1nc2cccc(N(C)Cc3ccc(C(=O)OC)cc3)c2c(=O)n1-c1ccccc1.Cc1nc(N)nc(Cl)c1C#N. The number of alkyl carbamates (subject to hydrolysis) is 1. The summed E-state index contributed by atoms with van der Waals surface area (Å²) in [7, 11) is 9.80. The lowest BCUT2D eigenvalue weighted by Gasteiger charge is -2.26. The summed E-state index contributed by atoms with van der Waals surface area (Å²) >= 11 is 5.58. The lowest BCUT2D eigenvalue weighted by atomic mass is 10.1. The second-order valence-electron chi connectivity index (χ2n) is 31.2. The number of anilines is 6. The molecule has 9 aromatic carbocycles. The number of ether oxygens (including phenoxy) is 4. The molecule has 0 bridgehead atoms. The number of nitriles is 2. The number of carbonyl (C=O) groups is 4. The van der Waals surface area contributed by atoms with Crippen LogP contribution >= 0.6 is 11.6 Å². The molecule has 130 heavy (non-hydrogen) atoms. The molecule has 0 aliphatic heterocycles. The highest BCUT2D eigenvalue weighted by Crippen LogP contribution is 2.34. The predicted octanol–water partition coefficient (Wildman–Crippen LogP) is 15.8. The van der Waals surface area contributed by atoms with E-state index in [1.54, 1.807) is 90.8 Å². The Bertz CT molecular complexity index is 6700. The summed E-state index contributed by atoms with van der Waals surface area (Å²) in [5.41, 5.74) is 28.0. The van der Waals surface area contributed by atoms with Gasteiger partial charge >= 0.3 is 24.0 Å². The normalized spacial score (nSPS) is 11.6. The Morgan fingerprint density at radius 3 is 1.10 bits per heavy atom. The molecule has 31 nitrogen and oxygen atoms in total. The number of halogens is 1. The van der Waals surface area contributed by atoms with Crippen LogP contribution in [0.5, 0.6) is 0 Å². The zero-order chi connectivity index (χ0) is 93.8. The molecule has 1 amide bonds. The number of nitrogens with two attached hydrogens (primary N) is 3. The molecule has 0 fully saturated rings. The summed E-state index contributed by atoms with van der Waals surface area (Å²) in [4.78, 5) is 127. The number of aryl methyl sites for hydroxylation is 2. The summed E-state index contributed by atoms with van der Waals surface area (Å²) in [5, 5.41) is 26.1. The lowest BCUT2D eigenvalue weighted by molar-refractivity contribution is 0.0496. The van der Waals surface area contributed by atoms with Crippen molar-refractivity contribution in [2.24, 2.45) is 5.73 Å². The molecule has 32 heteroatoms. The van der Waals surface area contributed by atoms with Crippen LogP contribution in [0.1, 0.15) is 167 Å². The average molecular weight is 1770 g/mol. The number of nitrogens with zero attached hydrogens (tertiary/aromatic N) is 15. The second-order valence-corrected chi connectivity index (χ2v) is 31.5. The van der Waals surface area contributed by atoms with E-state index >= 15 is 0 Å². The van der Waals surface area contributed by atoms with Crippen LogP contribution in [-0.4, -0.2) is 121 Å². The van der Waals surface area contributed by atoms with E-state index in [4.69, 9.17) is 68.0 Å². The smallest absolute Gasteiger partial charge is 0.408 e. The maximum absolute atomic E-state index is 14.5. The maximum Gasteiger partial charge on any atom is 0.408 e. The van der Waals surface area contributed by atoms with E-state index in [9.17, 15) is 38.8 Å². The zero-order valence-electron chi connectivity index (χ0n) is 74.6. The summed E-state index contributed by atoms with van der Waals surface area (Å²) in [5.74, 6) is 0.674. The van der Waals surface area contributed by atoms with Gasteiger partial charge in [0.1, 0.15) is 52.2 Å². The predicted molar refractivity (Wildman–Crippen MR) is 505 cm³/mol. The molecule has 0 saturated heterocycles. The van der Waals surface area contributed by atoms with Gasteiger partial charge in [-0.3, -0.25) is 28.1 Å². The topological polar surface area (TPSA) is 421 Å². The van der Waals surface area contributed by atoms with E-state index in [0.29, 0.717) is 140 Å². The van der Waals surface area contributed by atoms with E-state index in [0.717, 1.165) is 28.1 Å². The Morgan fingerprint density at radius 1 is 0.446 bits per heavy atom. The van der Waals surface area contributed by atoms with Gasteiger partial charge in [0.15, 0.2) is 5.15 Å². The van der Waals surface area contributed by atoms with E-state index in [-0.39, 0.29) is 62.7 Å². The number of amides is 1. The summed E-state index contributed by atoms with van der Waals surface area (Å²) in [6, 6.07) is 69.0. The first-order valence-electron chi connectivity index (χ1n) is 41.6. The Morgan fingerprint density at radius 2 is 0.777 bits per heavy atom. The van der Waals surface area contributed by atoms with Crippen molar-refractivity contribution in [3.05, 3.63) is 328 Å². The minimum atomic E-state index is -0.669. The van der Waals surface area contributed by atoms with Gasteiger partial charge in [-0.05, 0) is 180 Å². The quantitative estimate of drug-likeness (QED) is 0.0213. The molecule has 5 heterocycles. The number of rotatable bonds is 24. The number of hydrogen-bond acceptors (Lipinski definition) is 27. The first-order chi connectivity index (χ1) is 62.4. The highest BCUT2D eigenvalue weighted by molar-refractivity contribution is 6.30. The Kier molecular flexibility index (Phi) is 31.4. The first kappa shape index (κ1) is 94.9. The minimum absolute atomic E-state index is 0.0402. The van der Waals surface area contributed by atoms with Crippen molar-refractivity contribution in [3.63, 3.8) is 0 Å². The fraction of sp³-hybridized carbons (Fsp3) is 0.245. The number of hydrogen-bond donors (Lipinski definition) is 5. The van der Waals surface area contributed by atoms with Crippen molar-refractivity contribution in [3.8, 4) is 29.2 Å². The minimum Gasteiger partial charge on any atom is -0.465 e. The lowest BCUT2D eigenvalue weighted by Crippen LogP contribution is -2.38. The monoisotopic (exact) mass is 1770 g/mol. The number of carbonyl (C=O) groups excluding carboxylic acids is 4. The molecule has 666 valence electrons. The number of benzene rings is 9. The second kappa shape index (κ2) is 43.0. The highest BCUT2D eigenvalue weighted by Gasteiger charge is 2.29. The summed E-state index contributed by atoms with van der Waals surface area (Å²) < 4.78 is 24.6. The number of nitrogens with one attached hydrogen (secondary N) is 2. The van der Waals surface area contributed by atoms with Crippen LogP contribution in [0.15, 0.2) is 233 Å². The van der Waals surface area contributed by atoms with Crippen LogP contribution in [0.3, 0.4) is 0 Å². The molecule has 0 spiro atoms. The molecule has 0 aliphatic carbocycles. The van der Waals surface area contributed by atoms with Gasteiger partial charge < -0.3 is 61.5 Å². The van der Waals surface area contributed by atoms with Crippen molar-refractivity contribution >= 4 is 103 Å². The standard InChI is InChI=1S/C33H32N8O3.C32H36N4O5.C27H28N4O3.C6H5ClN4/c1-5-25(37-29-24(18-34)20(2)36-33(35)39-29)30-38-26-12-9-13-27(28(26)31(42)41(30)23-10-7-6-8-11-23)40(3)19-21-14-16-22(17-15-21)32(43)44-4;1-7-24(34-31(39)41-32(2,3)4)28-33-25-14-11-15-26(27(25)29(37)36(28)23-12-9-8-10-13-23)35(5)20-21-16-18-22(19-17-21)30(38)40-6;1-4-21(28)25-29-22-11-8-12-23(24(22)26(32)31(25)20-9-6-5-7-10-20)30(2)17-18-13-15-19(16-14-18)27(33)34-3;1-3-4(2-8)5(7)11-6(9)10-3/h6-17,25H,5,19H2,1-4H3,(H3,35,36,37,39);8-19,24H,7,20H2,1-6H3,(H,34,39);5-16,21H,4,17,28H2,1-3H3;1H3,(H2,9,10,11)/t25-;24-;21-;/m000./s1. The third-order valence-electron chi connectivity index (χ3n) is 21.0. The van der Waals surface area contributed by atoms with Crippen LogP contribution in [0, 0.1) is 36.5 Å². The summed E-state index contributed by atoms with van der Waals surface area (Å²) in [6.45, 7) is 16.1. The number of aromatic nitrogens is 10. The van der Waals surface area contributed by atoms with Gasteiger partial charge in [0, 0.05) is 40.8 Å². The molecular formula is C98H101ClN20O11. The number of esters is 3. The highest BCUT2D eigenvalue weighted by atomic mass is 35.5. The van der Waals surface area contributed by atoms with Crippen LogP contribution in [-0.2, 0) is 38.6 Å². The van der Waals surface area contributed by atoms with E-state index in [1.807, 2.05) is 239 Å². The van der Waals surface area contributed by atoms with Gasteiger partial charge in [-0.25, -0.2) is 44.1 Å². The van der Waals surface area contributed by atoms with Gasteiger partial charge in [0.05, 0.1) is 134 Å². The molecule has 3 atom stereocenters. The first-order valence-corrected chi connectivity index (χ1v) is 42.0. The number of para-hydroxylation sites is 3. The number of methoxy groups -OCH3 is 3. The van der Waals surface area contributed by atoms with E-state index < -0.39 is 35.7 Å².